The van der Waals surface area contributed by atoms with Gasteiger partial charge in [-0.15, -0.1) is 0 Å². The minimum absolute atomic E-state index is 0.0486. The second kappa shape index (κ2) is 6.42. The van der Waals surface area contributed by atoms with Crippen LogP contribution in [0.15, 0.2) is 21.6 Å². The molecule has 0 aliphatic rings. The van der Waals surface area contributed by atoms with E-state index < -0.39 is 0 Å². The van der Waals surface area contributed by atoms with Gasteiger partial charge >= 0.3 is 0 Å². The van der Waals surface area contributed by atoms with Crippen molar-refractivity contribution in [2.45, 2.75) is 26.5 Å². The first-order valence-corrected chi connectivity index (χ1v) is 5.94. The van der Waals surface area contributed by atoms with Gasteiger partial charge < -0.3 is 9.47 Å². The quantitative estimate of drug-likeness (QED) is 0.620. The Morgan fingerprint density at radius 1 is 1.41 bits per heavy atom. The summed E-state index contributed by atoms with van der Waals surface area (Å²) in [6, 6.07) is 3.61. The number of hydrogen-bond acceptors (Lipinski definition) is 4. The van der Waals surface area contributed by atoms with Crippen molar-refractivity contribution in [3.05, 3.63) is 22.2 Å². The second-order valence-electron chi connectivity index (χ2n) is 3.67. The van der Waals surface area contributed by atoms with E-state index in [1.807, 2.05) is 19.9 Å². The Bertz CT molecular complexity index is 440. The Labute approximate surface area is 109 Å². The highest BCUT2D eigenvalue weighted by Gasteiger charge is 2.11. The number of halogens is 1. The number of rotatable bonds is 5. The first kappa shape index (κ1) is 13.7. The summed E-state index contributed by atoms with van der Waals surface area (Å²) in [6.45, 7) is 4.14. The molecule has 1 rings (SSSR count). The smallest absolute Gasteiger partial charge is 0.235 e. The molecule has 0 aliphatic carbocycles. The molecule has 0 heterocycles. The largest absolute Gasteiger partial charge is 0.493 e. The predicted octanol–water partition coefficient (Wildman–Crippen LogP) is 3.08. The summed E-state index contributed by atoms with van der Waals surface area (Å²) in [7, 11) is 1.58. The monoisotopic (exact) mass is 299 g/mol. The van der Waals surface area contributed by atoms with Gasteiger partial charge in [-0.05, 0) is 31.5 Å². The molecule has 0 fully saturated rings. The van der Waals surface area contributed by atoms with Crippen LogP contribution in [0.3, 0.4) is 0 Å². The van der Waals surface area contributed by atoms with Gasteiger partial charge in [0, 0.05) is 4.47 Å². The average Bonchev–Trinajstić information content (AvgIpc) is 2.28. The molecule has 0 atom stereocenters. The van der Waals surface area contributed by atoms with Crippen LogP contribution in [0.1, 0.15) is 19.4 Å². The number of ether oxygens (including phenoxy) is 2. The lowest BCUT2D eigenvalue weighted by Crippen LogP contribution is -2.07. The minimum atomic E-state index is 0.0486. The van der Waals surface area contributed by atoms with Crippen molar-refractivity contribution >= 4 is 22.0 Å². The topological polar surface area (TPSA) is 47.9 Å². The summed E-state index contributed by atoms with van der Waals surface area (Å²) in [5, 5.41) is 0. The fourth-order valence-electron chi connectivity index (χ4n) is 1.32. The van der Waals surface area contributed by atoms with Crippen LogP contribution in [0.4, 0.5) is 0 Å². The first-order valence-electron chi connectivity index (χ1n) is 5.15. The molecule has 0 saturated carbocycles. The molecule has 5 heteroatoms. The lowest BCUT2D eigenvalue weighted by atomic mass is 10.2. The van der Waals surface area contributed by atoms with Gasteiger partial charge in [-0.2, -0.15) is 0 Å². The van der Waals surface area contributed by atoms with Crippen molar-refractivity contribution in [2.24, 2.45) is 4.99 Å². The Morgan fingerprint density at radius 3 is 2.65 bits per heavy atom. The Kier molecular flexibility index (Phi) is 5.19. The van der Waals surface area contributed by atoms with E-state index in [1.54, 1.807) is 13.2 Å². The molecule has 0 saturated heterocycles. The first-order chi connectivity index (χ1) is 8.08. The highest BCUT2D eigenvalue weighted by atomic mass is 79.9. The third-order valence-corrected chi connectivity index (χ3v) is 2.75. The average molecular weight is 300 g/mol. The molecule has 0 spiro atoms. The van der Waals surface area contributed by atoms with Crippen molar-refractivity contribution in [3.63, 3.8) is 0 Å². The standard InChI is InChI=1S/C12H14BrNO3/c1-8(2)17-12-4-9(6-14-7-15)10(13)5-11(12)16-3/h4-5,8H,6H2,1-3H3. The third kappa shape index (κ3) is 3.88. The zero-order valence-electron chi connectivity index (χ0n) is 9.99. The molecule has 0 bridgehead atoms. The van der Waals surface area contributed by atoms with Gasteiger partial charge in [0.25, 0.3) is 0 Å². The van der Waals surface area contributed by atoms with Crippen molar-refractivity contribution in [2.75, 3.05) is 7.11 Å². The summed E-state index contributed by atoms with van der Waals surface area (Å²) in [5.41, 5.74) is 0.852. The molecule has 0 aromatic heterocycles. The molecule has 92 valence electrons. The lowest BCUT2D eigenvalue weighted by Gasteiger charge is -2.15. The maximum Gasteiger partial charge on any atom is 0.235 e. The number of benzene rings is 1. The number of isocyanates is 1. The van der Waals surface area contributed by atoms with E-state index in [-0.39, 0.29) is 12.6 Å². The van der Waals surface area contributed by atoms with E-state index in [0.717, 1.165) is 10.0 Å². The minimum Gasteiger partial charge on any atom is -0.493 e. The van der Waals surface area contributed by atoms with Crippen molar-refractivity contribution in [1.82, 2.24) is 0 Å². The van der Waals surface area contributed by atoms with E-state index in [0.29, 0.717) is 11.5 Å². The van der Waals surface area contributed by atoms with Crippen LogP contribution in [0, 0.1) is 0 Å². The summed E-state index contributed by atoms with van der Waals surface area (Å²) in [5.74, 6) is 1.28. The van der Waals surface area contributed by atoms with Crippen LogP contribution in [-0.4, -0.2) is 19.3 Å². The molecule has 0 radical (unpaired) electrons. The zero-order chi connectivity index (χ0) is 12.8. The van der Waals surface area contributed by atoms with Crippen LogP contribution in [0.5, 0.6) is 11.5 Å². The van der Waals surface area contributed by atoms with E-state index in [4.69, 9.17) is 9.47 Å². The fourth-order valence-corrected chi connectivity index (χ4v) is 1.77. The molecule has 4 nitrogen and oxygen atoms in total. The molecule has 0 amide bonds. The van der Waals surface area contributed by atoms with Gasteiger partial charge in [0.1, 0.15) is 0 Å². The number of nitrogens with zero attached hydrogens (tertiary/aromatic N) is 1. The predicted molar refractivity (Wildman–Crippen MR) is 68.3 cm³/mol. The number of aliphatic imine (C=N–C) groups is 1. The fraction of sp³-hybridized carbons (Fsp3) is 0.417. The maximum atomic E-state index is 10.1. The van der Waals surface area contributed by atoms with Gasteiger partial charge in [-0.1, -0.05) is 15.9 Å². The molecule has 0 N–H and O–H groups in total. The summed E-state index contributed by atoms with van der Waals surface area (Å²) in [4.78, 5) is 13.7. The van der Waals surface area contributed by atoms with Gasteiger partial charge in [-0.3, -0.25) is 0 Å². The Hall–Kier alpha value is -1.32. The van der Waals surface area contributed by atoms with Crippen LogP contribution in [-0.2, 0) is 11.3 Å². The van der Waals surface area contributed by atoms with E-state index in [1.165, 1.54) is 6.08 Å². The van der Waals surface area contributed by atoms with Gasteiger partial charge in [0.2, 0.25) is 6.08 Å². The van der Waals surface area contributed by atoms with Gasteiger partial charge in [0.05, 0.1) is 19.8 Å². The highest BCUT2D eigenvalue weighted by Crippen LogP contribution is 2.34. The number of methoxy groups -OCH3 is 1. The van der Waals surface area contributed by atoms with Gasteiger partial charge in [0.15, 0.2) is 11.5 Å². The molecular weight excluding hydrogens is 286 g/mol. The summed E-state index contributed by atoms with van der Waals surface area (Å²) in [6.07, 6.45) is 1.56. The molecule has 1 aromatic carbocycles. The maximum absolute atomic E-state index is 10.1. The Morgan fingerprint density at radius 2 is 2.12 bits per heavy atom. The van der Waals surface area contributed by atoms with Crippen molar-refractivity contribution < 1.29 is 14.3 Å². The second-order valence-corrected chi connectivity index (χ2v) is 4.52. The molecule has 0 aliphatic heterocycles. The van der Waals surface area contributed by atoms with Gasteiger partial charge in [-0.25, -0.2) is 9.79 Å². The van der Waals surface area contributed by atoms with E-state index >= 15 is 0 Å². The summed E-state index contributed by atoms with van der Waals surface area (Å²) >= 11 is 3.39. The highest BCUT2D eigenvalue weighted by molar-refractivity contribution is 9.10. The SMILES string of the molecule is COc1cc(Br)c(CN=C=O)cc1OC(C)C. The van der Waals surface area contributed by atoms with Crippen LogP contribution < -0.4 is 9.47 Å². The van der Waals surface area contributed by atoms with Crippen molar-refractivity contribution in [3.8, 4) is 11.5 Å². The van der Waals surface area contributed by atoms with Crippen LogP contribution in [0.2, 0.25) is 0 Å². The lowest BCUT2D eigenvalue weighted by molar-refractivity contribution is 0.230. The van der Waals surface area contributed by atoms with E-state index in [9.17, 15) is 4.79 Å². The van der Waals surface area contributed by atoms with Crippen LogP contribution >= 0.6 is 15.9 Å². The molecule has 17 heavy (non-hydrogen) atoms. The number of carbonyl (C=O) groups excluding carboxylic acids is 1. The normalized spacial score (nSPS) is 9.94. The number of hydrogen-bond donors (Lipinski definition) is 0. The van der Waals surface area contributed by atoms with Crippen molar-refractivity contribution in [1.29, 1.82) is 0 Å². The third-order valence-electron chi connectivity index (χ3n) is 2.01. The van der Waals surface area contributed by atoms with Crippen LogP contribution in [0.25, 0.3) is 0 Å². The molecular formula is C12H14BrNO3. The zero-order valence-corrected chi connectivity index (χ0v) is 11.6. The molecule has 1 aromatic rings. The Balaban J connectivity index is 3.12. The summed E-state index contributed by atoms with van der Waals surface area (Å²) < 4.78 is 11.7. The molecule has 0 unspecified atom stereocenters. The van der Waals surface area contributed by atoms with E-state index in [2.05, 4.69) is 20.9 Å².